The fourth-order valence-corrected chi connectivity index (χ4v) is 6.83. The van der Waals surface area contributed by atoms with Crippen LogP contribution in [0.1, 0.15) is 141 Å². The Morgan fingerprint density at radius 1 is 0.848 bits per heavy atom. The van der Waals surface area contributed by atoms with Crippen molar-refractivity contribution in [1.29, 1.82) is 5.26 Å². The number of nitrogens with zero attached hydrogens (tertiary/aromatic N) is 1. The van der Waals surface area contributed by atoms with Crippen molar-refractivity contribution < 1.29 is 0 Å². The van der Waals surface area contributed by atoms with E-state index in [1.807, 2.05) is 0 Å². The molecule has 0 aromatic heterocycles. The van der Waals surface area contributed by atoms with Gasteiger partial charge in [0.25, 0.3) is 0 Å². The second kappa shape index (κ2) is 13.6. The van der Waals surface area contributed by atoms with E-state index < -0.39 is 0 Å². The van der Waals surface area contributed by atoms with Gasteiger partial charge in [-0.1, -0.05) is 83.6 Å². The summed E-state index contributed by atoms with van der Waals surface area (Å²) in [5, 5.41) is 9.90. The van der Waals surface area contributed by atoms with Crippen LogP contribution in [-0.2, 0) is 6.42 Å². The van der Waals surface area contributed by atoms with Gasteiger partial charge >= 0.3 is 0 Å². The number of rotatable bonds is 12. The largest absolute Gasteiger partial charge is 0.198 e. The van der Waals surface area contributed by atoms with Crippen LogP contribution in [0.2, 0.25) is 0 Å². The van der Waals surface area contributed by atoms with Gasteiger partial charge in [-0.15, -0.1) is 0 Å². The van der Waals surface area contributed by atoms with E-state index in [0.717, 1.165) is 37.0 Å². The highest BCUT2D eigenvalue weighted by Gasteiger charge is 2.39. The smallest absolute Gasteiger partial charge is 0.0689 e. The van der Waals surface area contributed by atoms with Gasteiger partial charge in [0.05, 0.1) is 11.5 Å². The number of aryl methyl sites for hydroxylation is 1. The molecular formula is C32H51N. The predicted molar refractivity (Wildman–Crippen MR) is 142 cm³/mol. The fourth-order valence-electron chi connectivity index (χ4n) is 6.83. The molecule has 0 unspecified atom stereocenters. The van der Waals surface area contributed by atoms with Crippen molar-refractivity contribution in [2.45, 2.75) is 136 Å². The Kier molecular flexibility index (Phi) is 10.8. The number of benzene rings is 1. The van der Waals surface area contributed by atoms with Crippen molar-refractivity contribution in [1.82, 2.24) is 0 Å². The zero-order valence-electron chi connectivity index (χ0n) is 22.1. The highest BCUT2D eigenvalue weighted by Crippen LogP contribution is 2.49. The molecule has 2 fully saturated rings. The summed E-state index contributed by atoms with van der Waals surface area (Å²) in [5.74, 6) is 3.25. The first-order valence-corrected chi connectivity index (χ1v) is 14.6. The molecule has 0 amide bonds. The quantitative estimate of drug-likeness (QED) is 0.291. The molecule has 1 nitrogen and oxygen atoms in total. The summed E-state index contributed by atoms with van der Waals surface area (Å²) in [6.45, 7) is 6.88. The SMILES string of the molecule is CCCCCCCCc1ccc(C2CCC(C3CCC(C#N)(C[C@H](C)CC)CC3)CC2)cc1. The standard InChI is InChI=1S/C32H51N/c1-4-6-7-8-9-10-11-27-12-14-28(15-13-27)29-16-18-30(19-17-29)31-20-22-32(25-33,23-21-31)24-26(3)5-2/h12-15,26,29-31H,4-11,16-24H2,1-3H3/t26-,29?,30?,31?,32?/m1/s1. The first-order valence-electron chi connectivity index (χ1n) is 14.6. The Balaban J connectivity index is 1.39. The van der Waals surface area contributed by atoms with Crippen LogP contribution in [0, 0.1) is 34.5 Å². The summed E-state index contributed by atoms with van der Waals surface area (Å²) in [5.41, 5.74) is 3.10. The van der Waals surface area contributed by atoms with Crippen molar-refractivity contribution in [2.75, 3.05) is 0 Å². The second-order valence-corrected chi connectivity index (χ2v) is 11.8. The third kappa shape index (κ3) is 7.87. The lowest BCUT2D eigenvalue weighted by Crippen LogP contribution is -2.32. The predicted octanol–water partition coefficient (Wildman–Crippen LogP) is 10.00. The first kappa shape index (κ1) is 26.3. The molecule has 2 aliphatic carbocycles. The van der Waals surface area contributed by atoms with Crippen LogP contribution in [0.15, 0.2) is 24.3 Å². The summed E-state index contributed by atoms with van der Waals surface area (Å²) >= 11 is 0. The number of unbranched alkanes of at least 4 members (excludes halogenated alkanes) is 5. The number of nitriles is 1. The van der Waals surface area contributed by atoms with Crippen LogP contribution < -0.4 is 0 Å². The van der Waals surface area contributed by atoms with Gasteiger partial charge in [-0.25, -0.2) is 0 Å². The number of hydrogen-bond acceptors (Lipinski definition) is 1. The number of hydrogen-bond donors (Lipinski definition) is 0. The van der Waals surface area contributed by atoms with E-state index in [9.17, 15) is 5.26 Å². The van der Waals surface area contributed by atoms with Crippen LogP contribution in [0.25, 0.3) is 0 Å². The van der Waals surface area contributed by atoms with E-state index in [1.165, 1.54) is 95.5 Å². The zero-order valence-corrected chi connectivity index (χ0v) is 22.1. The Bertz CT molecular complexity index is 695. The molecule has 2 aliphatic rings. The average molecular weight is 450 g/mol. The molecule has 0 N–H and O–H groups in total. The van der Waals surface area contributed by atoms with Crippen molar-refractivity contribution in [3.05, 3.63) is 35.4 Å². The molecule has 3 rings (SSSR count). The molecule has 0 aliphatic heterocycles. The highest BCUT2D eigenvalue weighted by atomic mass is 14.5. The van der Waals surface area contributed by atoms with E-state index in [-0.39, 0.29) is 5.41 Å². The van der Waals surface area contributed by atoms with Gasteiger partial charge in [0.15, 0.2) is 0 Å². The van der Waals surface area contributed by atoms with Crippen LogP contribution in [-0.4, -0.2) is 0 Å². The third-order valence-electron chi connectivity index (χ3n) is 9.37. The highest BCUT2D eigenvalue weighted by molar-refractivity contribution is 5.26. The zero-order chi connectivity index (χ0) is 23.5. The van der Waals surface area contributed by atoms with Gasteiger partial charge in [0, 0.05) is 0 Å². The van der Waals surface area contributed by atoms with E-state index in [4.69, 9.17) is 0 Å². The molecule has 33 heavy (non-hydrogen) atoms. The van der Waals surface area contributed by atoms with E-state index in [0.29, 0.717) is 5.92 Å². The average Bonchev–Trinajstić information content (AvgIpc) is 2.87. The maximum Gasteiger partial charge on any atom is 0.0689 e. The molecule has 1 aromatic rings. The van der Waals surface area contributed by atoms with Gasteiger partial charge in [-0.05, 0) is 105 Å². The van der Waals surface area contributed by atoms with Gasteiger partial charge in [0.1, 0.15) is 0 Å². The van der Waals surface area contributed by atoms with Crippen LogP contribution in [0.3, 0.4) is 0 Å². The molecular weight excluding hydrogens is 398 g/mol. The Morgan fingerprint density at radius 2 is 1.45 bits per heavy atom. The van der Waals surface area contributed by atoms with E-state index in [2.05, 4.69) is 51.1 Å². The Morgan fingerprint density at radius 3 is 2.06 bits per heavy atom. The third-order valence-corrected chi connectivity index (χ3v) is 9.37. The lowest BCUT2D eigenvalue weighted by atomic mass is 9.62. The Hall–Kier alpha value is -1.29. The minimum absolute atomic E-state index is 0.0135. The molecule has 2 saturated carbocycles. The molecule has 1 atom stereocenters. The minimum atomic E-state index is -0.0135. The van der Waals surface area contributed by atoms with Crippen molar-refractivity contribution >= 4 is 0 Å². The molecule has 1 heteroatoms. The van der Waals surface area contributed by atoms with Gasteiger partial charge in [-0.2, -0.15) is 5.26 Å². The molecule has 0 radical (unpaired) electrons. The van der Waals surface area contributed by atoms with Gasteiger partial charge < -0.3 is 0 Å². The first-order chi connectivity index (χ1) is 16.1. The summed E-state index contributed by atoms with van der Waals surface area (Å²) in [7, 11) is 0. The Labute approximate surface area is 205 Å². The molecule has 0 bridgehead atoms. The van der Waals surface area contributed by atoms with Crippen molar-refractivity contribution in [3.63, 3.8) is 0 Å². The summed E-state index contributed by atoms with van der Waals surface area (Å²) < 4.78 is 0. The van der Waals surface area contributed by atoms with Crippen LogP contribution in [0.5, 0.6) is 0 Å². The topological polar surface area (TPSA) is 23.8 Å². The van der Waals surface area contributed by atoms with Crippen LogP contribution in [0.4, 0.5) is 0 Å². The summed E-state index contributed by atoms with van der Waals surface area (Å²) in [6, 6.07) is 12.5. The maximum absolute atomic E-state index is 9.90. The second-order valence-electron chi connectivity index (χ2n) is 11.8. The lowest BCUT2D eigenvalue weighted by Gasteiger charge is -2.41. The molecule has 184 valence electrons. The lowest BCUT2D eigenvalue weighted by molar-refractivity contribution is 0.116. The molecule has 1 aromatic carbocycles. The van der Waals surface area contributed by atoms with E-state index >= 15 is 0 Å². The fraction of sp³-hybridized carbons (Fsp3) is 0.781. The van der Waals surface area contributed by atoms with Gasteiger partial charge in [0.2, 0.25) is 0 Å². The van der Waals surface area contributed by atoms with Crippen molar-refractivity contribution in [3.8, 4) is 6.07 Å². The minimum Gasteiger partial charge on any atom is -0.198 e. The monoisotopic (exact) mass is 449 g/mol. The van der Waals surface area contributed by atoms with Crippen LogP contribution >= 0.6 is 0 Å². The molecule has 0 spiro atoms. The maximum atomic E-state index is 9.90. The summed E-state index contributed by atoms with van der Waals surface area (Å²) in [4.78, 5) is 0. The molecule has 0 heterocycles. The van der Waals surface area contributed by atoms with E-state index in [1.54, 1.807) is 5.56 Å². The summed E-state index contributed by atoms with van der Waals surface area (Å²) in [6.07, 6.45) is 22.3. The normalized spacial score (nSPS) is 28.8. The molecule has 0 saturated heterocycles. The van der Waals surface area contributed by atoms with Crippen molar-refractivity contribution in [2.24, 2.45) is 23.2 Å². The van der Waals surface area contributed by atoms with Gasteiger partial charge in [-0.3, -0.25) is 0 Å².